The third kappa shape index (κ3) is 1.15. The van der Waals surface area contributed by atoms with Crippen molar-refractivity contribution in [1.29, 1.82) is 10.5 Å². The first-order chi connectivity index (χ1) is 7.17. The van der Waals surface area contributed by atoms with Crippen LogP contribution in [0.4, 0.5) is 0 Å². The molecule has 0 saturated heterocycles. The highest BCUT2D eigenvalue weighted by Crippen LogP contribution is 2.20. The lowest BCUT2D eigenvalue weighted by atomic mass is 10.0. The van der Waals surface area contributed by atoms with Crippen LogP contribution in [0.5, 0.6) is 0 Å². The van der Waals surface area contributed by atoms with Gasteiger partial charge in [-0.1, -0.05) is 0 Å². The van der Waals surface area contributed by atoms with E-state index >= 15 is 0 Å². The summed E-state index contributed by atoms with van der Waals surface area (Å²) >= 11 is 0. The summed E-state index contributed by atoms with van der Waals surface area (Å²) in [5.74, 6) is -1.06. The summed E-state index contributed by atoms with van der Waals surface area (Å²) in [6.45, 7) is 0. The van der Waals surface area contributed by atoms with Crippen molar-refractivity contribution in [2.75, 3.05) is 0 Å². The third-order valence-electron chi connectivity index (χ3n) is 2.11. The topological polar surface area (TPSA) is 93.8 Å². The number of nitrogens with one attached hydrogen (secondary N) is 1. The first-order valence-corrected chi connectivity index (χ1v) is 4.01. The molecule has 1 aliphatic heterocycles. The van der Waals surface area contributed by atoms with Gasteiger partial charge in [-0.25, -0.2) is 0 Å². The number of fused-ring (bicyclic) bond motifs is 1. The summed E-state index contributed by atoms with van der Waals surface area (Å²) in [6.07, 6.45) is 0. The molecule has 0 aromatic heterocycles. The van der Waals surface area contributed by atoms with E-state index in [1.165, 1.54) is 12.1 Å². The molecule has 0 radical (unpaired) electrons. The first kappa shape index (κ1) is 8.92. The molecule has 70 valence electrons. The molecular weight excluding hydrogens is 194 g/mol. The summed E-state index contributed by atoms with van der Waals surface area (Å²) in [7, 11) is 0. The fourth-order valence-corrected chi connectivity index (χ4v) is 1.40. The molecule has 0 atom stereocenters. The van der Waals surface area contributed by atoms with Gasteiger partial charge in [0.05, 0.1) is 22.3 Å². The van der Waals surface area contributed by atoms with Gasteiger partial charge in [-0.3, -0.25) is 14.9 Å². The molecule has 2 amide bonds. The number of amides is 2. The lowest BCUT2D eigenvalue weighted by Crippen LogP contribution is -2.19. The summed E-state index contributed by atoms with van der Waals surface area (Å²) in [6, 6.07) is 6.11. The van der Waals surface area contributed by atoms with Crippen LogP contribution in [0, 0.1) is 22.7 Å². The zero-order valence-electron chi connectivity index (χ0n) is 7.37. The predicted molar refractivity (Wildman–Crippen MR) is 47.7 cm³/mol. The molecule has 0 bridgehead atoms. The molecule has 5 heteroatoms. The van der Waals surface area contributed by atoms with Gasteiger partial charge in [0.25, 0.3) is 11.8 Å². The number of nitrogens with zero attached hydrogens (tertiary/aromatic N) is 2. The molecule has 0 spiro atoms. The minimum Gasteiger partial charge on any atom is -0.288 e. The number of hydrogen-bond acceptors (Lipinski definition) is 4. The zero-order valence-corrected chi connectivity index (χ0v) is 7.37. The van der Waals surface area contributed by atoms with Gasteiger partial charge < -0.3 is 0 Å². The molecule has 0 unspecified atom stereocenters. The molecule has 1 aromatic rings. The van der Waals surface area contributed by atoms with Crippen LogP contribution in [0.25, 0.3) is 0 Å². The van der Waals surface area contributed by atoms with Crippen LogP contribution in [-0.4, -0.2) is 11.8 Å². The second-order valence-electron chi connectivity index (χ2n) is 2.95. The van der Waals surface area contributed by atoms with Gasteiger partial charge in [-0.2, -0.15) is 10.5 Å². The zero-order chi connectivity index (χ0) is 11.0. The average Bonchev–Trinajstić information content (AvgIpc) is 2.52. The van der Waals surface area contributed by atoms with E-state index in [-0.39, 0.29) is 22.3 Å². The second-order valence-corrected chi connectivity index (χ2v) is 2.95. The van der Waals surface area contributed by atoms with Gasteiger partial charge in [-0.15, -0.1) is 0 Å². The number of nitriles is 2. The summed E-state index contributed by atoms with van der Waals surface area (Å²) in [4.78, 5) is 22.4. The van der Waals surface area contributed by atoms with Crippen molar-refractivity contribution >= 4 is 11.8 Å². The van der Waals surface area contributed by atoms with Gasteiger partial charge >= 0.3 is 0 Å². The minimum atomic E-state index is -0.531. The van der Waals surface area contributed by atoms with Gasteiger partial charge in [0.15, 0.2) is 0 Å². The van der Waals surface area contributed by atoms with E-state index in [4.69, 9.17) is 10.5 Å². The maximum atomic E-state index is 11.2. The van der Waals surface area contributed by atoms with E-state index in [2.05, 4.69) is 5.32 Å². The van der Waals surface area contributed by atoms with E-state index < -0.39 is 11.8 Å². The Hall–Kier alpha value is -2.66. The quantitative estimate of drug-likeness (QED) is 0.605. The van der Waals surface area contributed by atoms with E-state index in [0.29, 0.717) is 0 Å². The lowest BCUT2D eigenvalue weighted by molar-refractivity contribution is 0.0879. The summed E-state index contributed by atoms with van der Waals surface area (Å²) in [5, 5.41) is 19.5. The number of imide groups is 1. The van der Waals surface area contributed by atoms with Gasteiger partial charge in [0.1, 0.15) is 12.1 Å². The van der Waals surface area contributed by atoms with Crippen LogP contribution in [0.15, 0.2) is 12.1 Å². The van der Waals surface area contributed by atoms with Crippen molar-refractivity contribution in [3.05, 3.63) is 34.4 Å². The maximum Gasteiger partial charge on any atom is 0.258 e. The van der Waals surface area contributed by atoms with E-state index in [1.54, 1.807) is 12.1 Å². The number of benzene rings is 1. The van der Waals surface area contributed by atoms with Crippen LogP contribution in [0.1, 0.15) is 31.8 Å². The Morgan fingerprint density at radius 2 is 1.33 bits per heavy atom. The first-order valence-electron chi connectivity index (χ1n) is 4.01. The van der Waals surface area contributed by atoms with E-state index in [0.717, 1.165) is 0 Å². The molecule has 1 aliphatic rings. The molecule has 2 rings (SSSR count). The molecule has 0 saturated carbocycles. The van der Waals surface area contributed by atoms with Crippen molar-refractivity contribution in [1.82, 2.24) is 5.32 Å². The monoisotopic (exact) mass is 197 g/mol. The highest BCUT2D eigenvalue weighted by atomic mass is 16.2. The Labute approximate surface area is 84.5 Å². The standard InChI is InChI=1S/C10H3N3O2/c11-3-5-1-7-8(2-6(5)4-12)10(15)13-9(7)14/h1-2H,(H,13,14,15). The average molecular weight is 197 g/mol. The Morgan fingerprint density at radius 3 is 1.67 bits per heavy atom. The van der Waals surface area contributed by atoms with Crippen LogP contribution in [0.2, 0.25) is 0 Å². The third-order valence-corrected chi connectivity index (χ3v) is 2.11. The number of carbonyl (C=O) groups excluding carboxylic acids is 2. The van der Waals surface area contributed by atoms with Crippen LogP contribution in [0.3, 0.4) is 0 Å². The highest BCUT2D eigenvalue weighted by molar-refractivity contribution is 6.21. The van der Waals surface area contributed by atoms with Crippen molar-refractivity contribution in [2.45, 2.75) is 0 Å². The van der Waals surface area contributed by atoms with Crippen molar-refractivity contribution in [3.8, 4) is 12.1 Å². The molecule has 15 heavy (non-hydrogen) atoms. The Morgan fingerprint density at radius 1 is 0.933 bits per heavy atom. The highest BCUT2D eigenvalue weighted by Gasteiger charge is 2.28. The molecular formula is C10H3N3O2. The predicted octanol–water partition coefficient (Wildman–Crippen LogP) is 0.314. The fraction of sp³-hybridized carbons (Fsp3) is 0. The van der Waals surface area contributed by atoms with E-state index in [9.17, 15) is 9.59 Å². The Balaban J connectivity index is 2.77. The number of rotatable bonds is 0. The number of carbonyl (C=O) groups is 2. The van der Waals surface area contributed by atoms with Crippen molar-refractivity contribution in [2.24, 2.45) is 0 Å². The van der Waals surface area contributed by atoms with Gasteiger partial charge in [-0.05, 0) is 12.1 Å². The molecule has 5 nitrogen and oxygen atoms in total. The summed E-state index contributed by atoms with van der Waals surface area (Å²) < 4.78 is 0. The van der Waals surface area contributed by atoms with Crippen LogP contribution < -0.4 is 5.32 Å². The Bertz CT molecular complexity index is 525. The van der Waals surface area contributed by atoms with Crippen LogP contribution in [-0.2, 0) is 0 Å². The van der Waals surface area contributed by atoms with Crippen LogP contribution >= 0.6 is 0 Å². The molecule has 1 heterocycles. The van der Waals surface area contributed by atoms with Crippen molar-refractivity contribution < 1.29 is 9.59 Å². The van der Waals surface area contributed by atoms with E-state index in [1.807, 2.05) is 0 Å². The SMILES string of the molecule is N#Cc1cc2c(cc1C#N)C(=O)NC2=O. The largest absolute Gasteiger partial charge is 0.288 e. The normalized spacial score (nSPS) is 12.7. The molecule has 0 fully saturated rings. The second kappa shape index (κ2) is 2.93. The fourth-order valence-electron chi connectivity index (χ4n) is 1.40. The van der Waals surface area contributed by atoms with Gasteiger partial charge in [0.2, 0.25) is 0 Å². The summed E-state index contributed by atoms with van der Waals surface area (Å²) in [5.41, 5.74) is 0.494. The lowest BCUT2D eigenvalue weighted by Gasteiger charge is -1.97. The smallest absolute Gasteiger partial charge is 0.258 e. The molecule has 1 aromatic carbocycles. The van der Waals surface area contributed by atoms with Crippen molar-refractivity contribution in [3.63, 3.8) is 0 Å². The maximum absolute atomic E-state index is 11.2. The Kier molecular flexibility index (Phi) is 1.74. The molecule has 0 aliphatic carbocycles. The number of hydrogen-bond donors (Lipinski definition) is 1. The minimum absolute atomic E-state index is 0.0982. The molecule has 1 N–H and O–H groups in total. The van der Waals surface area contributed by atoms with Gasteiger partial charge in [0, 0.05) is 0 Å².